The minimum atomic E-state index is -0.432. The molecule has 1 saturated heterocycles. The van der Waals surface area contributed by atoms with Crippen molar-refractivity contribution < 1.29 is 9.53 Å². The van der Waals surface area contributed by atoms with Crippen molar-refractivity contribution in [3.8, 4) is 11.9 Å². The number of nitrogens with zero attached hydrogens (tertiary/aromatic N) is 7. The van der Waals surface area contributed by atoms with Crippen molar-refractivity contribution in [2.75, 3.05) is 43.4 Å². The lowest BCUT2D eigenvalue weighted by Gasteiger charge is -2.32. The van der Waals surface area contributed by atoms with Crippen molar-refractivity contribution in [3.63, 3.8) is 0 Å². The predicted octanol–water partition coefficient (Wildman–Crippen LogP) is 2.02. The molecule has 10 heteroatoms. The molecule has 0 bridgehead atoms. The summed E-state index contributed by atoms with van der Waals surface area (Å²) in [6, 6.07) is 9.21. The molecule has 4 rings (SSSR count). The van der Waals surface area contributed by atoms with E-state index in [4.69, 9.17) is 4.74 Å². The lowest BCUT2D eigenvalue weighted by Crippen LogP contribution is -2.45. The quantitative estimate of drug-likeness (QED) is 0.640. The van der Waals surface area contributed by atoms with Crippen LogP contribution in [0.15, 0.2) is 42.7 Å². The van der Waals surface area contributed by atoms with Gasteiger partial charge in [0, 0.05) is 50.7 Å². The van der Waals surface area contributed by atoms with Crippen LogP contribution in [0.4, 0.5) is 11.6 Å². The molecule has 3 aromatic rings. The van der Waals surface area contributed by atoms with E-state index in [2.05, 4.69) is 47.1 Å². The summed E-state index contributed by atoms with van der Waals surface area (Å²) in [5, 5.41) is 2.79. The highest BCUT2D eigenvalue weighted by atomic mass is 16.5. The molecule has 0 radical (unpaired) electrons. The maximum Gasteiger partial charge on any atom is 0.328 e. The molecule has 1 aromatic carbocycles. The first kappa shape index (κ1) is 20.6. The van der Waals surface area contributed by atoms with Crippen LogP contribution >= 0.6 is 0 Å². The van der Waals surface area contributed by atoms with E-state index >= 15 is 0 Å². The number of carbonyl (C=O) groups excluding carboxylic acids is 1. The number of benzene rings is 1. The number of likely N-dealkylation sites (N-methyl/N-ethyl adjacent to an activating group) is 1. The fourth-order valence-corrected chi connectivity index (χ4v) is 3.09. The van der Waals surface area contributed by atoms with Crippen LogP contribution in [-0.4, -0.2) is 69.0 Å². The highest BCUT2D eigenvalue weighted by molar-refractivity contribution is 6.04. The number of nitrogens with one attached hydrogen (secondary N) is 1. The van der Waals surface area contributed by atoms with Gasteiger partial charge in [-0.2, -0.15) is 15.0 Å². The summed E-state index contributed by atoms with van der Waals surface area (Å²) in [7, 11) is 2.09. The molecule has 1 aliphatic rings. The average molecular weight is 420 g/mol. The standard InChI is InChI=1S/C21H24N8O2/c1-3-16-25-20(29-13-11-28(2)12-14-29)27-21(26-16)31-19-17(22-9-10-23-19)18(30)24-15-7-5-4-6-8-15/h4-10H,3,11-14H2,1-2H3,(H,24,30). The largest absolute Gasteiger partial charge is 0.402 e. The minimum Gasteiger partial charge on any atom is -0.402 e. The van der Waals surface area contributed by atoms with Gasteiger partial charge in [0.15, 0.2) is 5.69 Å². The Bertz CT molecular complexity index is 1040. The van der Waals surface area contributed by atoms with Crippen LogP contribution < -0.4 is 15.0 Å². The number of ether oxygens (including phenoxy) is 1. The van der Waals surface area contributed by atoms with Gasteiger partial charge in [-0.1, -0.05) is 25.1 Å². The number of piperazine rings is 1. The van der Waals surface area contributed by atoms with Gasteiger partial charge in [-0.3, -0.25) is 4.79 Å². The Morgan fingerprint density at radius 3 is 2.52 bits per heavy atom. The summed E-state index contributed by atoms with van der Waals surface area (Å²) in [5.74, 6) is 0.777. The van der Waals surface area contributed by atoms with Crippen molar-refractivity contribution in [1.82, 2.24) is 29.8 Å². The Kier molecular flexibility index (Phi) is 6.27. The van der Waals surface area contributed by atoms with Gasteiger partial charge in [0.1, 0.15) is 5.82 Å². The average Bonchev–Trinajstić information content (AvgIpc) is 2.80. The van der Waals surface area contributed by atoms with Crippen LogP contribution in [-0.2, 0) is 6.42 Å². The Balaban J connectivity index is 1.58. The van der Waals surface area contributed by atoms with Crippen LogP contribution in [0.2, 0.25) is 0 Å². The molecule has 1 aliphatic heterocycles. The summed E-state index contributed by atoms with van der Waals surface area (Å²) in [6.45, 7) is 5.46. The van der Waals surface area contributed by atoms with Gasteiger partial charge in [0.2, 0.25) is 5.95 Å². The third kappa shape index (κ3) is 5.10. The lowest BCUT2D eigenvalue weighted by molar-refractivity contribution is 0.101. The molecule has 0 unspecified atom stereocenters. The zero-order valence-electron chi connectivity index (χ0n) is 17.5. The van der Waals surface area contributed by atoms with E-state index in [9.17, 15) is 4.79 Å². The van der Waals surface area contributed by atoms with Crippen LogP contribution in [0.25, 0.3) is 0 Å². The second-order valence-electron chi connectivity index (χ2n) is 7.11. The monoisotopic (exact) mass is 420 g/mol. The van der Waals surface area contributed by atoms with E-state index in [0.29, 0.717) is 23.9 Å². The molecule has 2 aromatic heterocycles. The molecule has 1 amide bonds. The smallest absolute Gasteiger partial charge is 0.328 e. The van der Waals surface area contributed by atoms with Gasteiger partial charge in [-0.25, -0.2) is 9.97 Å². The second kappa shape index (κ2) is 9.43. The van der Waals surface area contributed by atoms with Crippen LogP contribution in [0, 0.1) is 0 Å². The zero-order chi connectivity index (χ0) is 21.6. The number of aromatic nitrogens is 5. The fraction of sp³-hybridized carbons (Fsp3) is 0.333. The molecule has 1 N–H and O–H groups in total. The summed E-state index contributed by atoms with van der Waals surface area (Å²) in [6.07, 6.45) is 3.52. The van der Waals surface area contributed by atoms with Gasteiger partial charge in [-0.15, -0.1) is 0 Å². The van der Waals surface area contributed by atoms with Crippen molar-refractivity contribution in [3.05, 3.63) is 54.2 Å². The number of hydrogen-bond acceptors (Lipinski definition) is 9. The van der Waals surface area contributed by atoms with Crippen molar-refractivity contribution in [2.45, 2.75) is 13.3 Å². The number of amides is 1. The molecule has 1 fully saturated rings. The molecule has 160 valence electrons. The van der Waals surface area contributed by atoms with Crippen LogP contribution in [0.5, 0.6) is 11.9 Å². The number of aryl methyl sites for hydroxylation is 1. The second-order valence-corrected chi connectivity index (χ2v) is 7.11. The Labute approximate surface area is 180 Å². The summed E-state index contributed by atoms with van der Waals surface area (Å²) >= 11 is 0. The molecule has 0 spiro atoms. The van der Waals surface area contributed by atoms with Gasteiger partial charge >= 0.3 is 6.01 Å². The van der Waals surface area contributed by atoms with Crippen molar-refractivity contribution in [1.29, 1.82) is 0 Å². The van der Waals surface area contributed by atoms with E-state index < -0.39 is 5.91 Å². The first-order valence-electron chi connectivity index (χ1n) is 10.2. The summed E-state index contributed by atoms with van der Waals surface area (Å²) < 4.78 is 5.83. The number of anilines is 2. The topological polar surface area (TPSA) is 109 Å². The first-order chi connectivity index (χ1) is 15.1. The molecule has 0 saturated carbocycles. The Hall–Kier alpha value is -3.66. The fourth-order valence-electron chi connectivity index (χ4n) is 3.09. The van der Waals surface area contributed by atoms with E-state index in [-0.39, 0.29) is 17.6 Å². The molecule has 10 nitrogen and oxygen atoms in total. The maximum absolute atomic E-state index is 12.7. The number of carbonyl (C=O) groups is 1. The summed E-state index contributed by atoms with van der Waals surface area (Å²) in [5.41, 5.74) is 0.695. The number of para-hydroxylation sites is 1. The van der Waals surface area contributed by atoms with Crippen LogP contribution in [0.3, 0.4) is 0 Å². The number of hydrogen-bond donors (Lipinski definition) is 1. The normalized spacial score (nSPS) is 14.3. The SMILES string of the molecule is CCc1nc(Oc2nccnc2C(=O)Nc2ccccc2)nc(N2CCN(C)CC2)n1. The molecule has 3 heterocycles. The predicted molar refractivity (Wildman–Crippen MR) is 115 cm³/mol. The van der Waals surface area contributed by atoms with Gasteiger partial charge in [0.25, 0.3) is 11.8 Å². The Morgan fingerprint density at radius 2 is 1.77 bits per heavy atom. The first-order valence-corrected chi connectivity index (χ1v) is 10.2. The molecular formula is C21H24N8O2. The summed E-state index contributed by atoms with van der Waals surface area (Å²) in [4.78, 5) is 38.8. The highest BCUT2D eigenvalue weighted by Crippen LogP contribution is 2.22. The van der Waals surface area contributed by atoms with Crippen LogP contribution in [0.1, 0.15) is 23.2 Å². The molecule has 0 atom stereocenters. The van der Waals surface area contributed by atoms with E-state index in [0.717, 1.165) is 26.2 Å². The van der Waals surface area contributed by atoms with E-state index in [1.54, 1.807) is 12.1 Å². The van der Waals surface area contributed by atoms with E-state index in [1.807, 2.05) is 25.1 Å². The van der Waals surface area contributed by atoms with Gasteiger partial charge < -0.3 is 19.9 Å². The van der Waals surface area contributed by atoms with Crippen molar-refractivity contribution in [2.24, 2.45) is 0 Å². The Morgan fingerprint density at radius 1 is 1.03 bits per heavy atom. The number of rotatable bonds is 6. The lowest BCUT2D eigenvalue weighted by atomic mass is 10.3. The van der Waals surface area contributed by atoms with Gasteiger partial charge in [0.05, 0.1) is 0 Å². The molecular weight excluding hydrogens is 396 g/mol. The molecule has 0 aliphatic carbocycles. The maximum atomic E-state index is 12.7. The zero-order valence-corrected chi connectivity index (χ0v) is 17.5. The van der Waals surface area contributed by atoms with Gasteiger partial charge in [-0.05, 0) is 19.2 Å². The van der Waals surface area contributed by atoms with Crippen molar-refractivity contribution >= 4 is 17.5 Å². The third-order valence-electron chi connectivity index (χ3n) is 4.85. The highest BCUT2D eigenvalue weighted by Gasteiger charge is 2.21. The minimum absolute atomic E-state index is 0.0357. The third-order valence-corrected chi connectivity index (χ3v) is 4.85. The van der Waals surface area contributed by atoms with E-state index in [1.165, 1.54) is 12.4 Å². The molecule has 31 heavy (non-hydrogen) atoms.